The maximum absolute atomic E-state index is 14.1. The molecule has 0 aliphatic heterocycles. The molecule has 3 rings (SSSR count). The molecule has 0 spiro atoms. The van der Waals surface area contributed by atoms with Gasteiger partial charge in [-0.3, -0.25) is 9.78 Å². The van der Waals surface area contributed by atoms with Crippen LogP contribution < -0.4 is 4.90 Å². The van der Waals surface area contributed by atoms with Crippen LogP contribution in [0.4, 0.5) is 24.5 Å². The molecule has 2 aromatic heterocycles. The molecule has 2 heterocycles. The van der Waals surface area contributed by atoms with E-state index >= 15 is 0 Å². The largest absolute Gasteiger partial charge is 0.342 e. The maximum atomic E-state index is 14.1. The summed E-state index contributed by atoms with van der Waals surface area (Å²) >= 11 is 0. The second-order valence-electron chi connectivity index (χ2n) is 6.38. The number of alkyl halides is 2. The van der Waals surface area contributed by atoms with Gasteiger partial charge in [-0.05, 0) is 30.3 Å². The molecule has 0 unspecified atom stereocenters. The second kappa shape index (κ2) is 7.75. The molecule has 3 aromatic rings. The highest BCUT2D eigenvalue weighted by atomic mass is 19.3. The summed E-state index contributed by atoms with van der Waals surface area (Å²) in [5.41, 5.74) is 1.33. The van der Waals surface area contributed by atoms with Gasteiger partial charge < -0.3 is 4.90 Å². The molecule has 0 bridgehead atoms. The Balaban J connectivity index is 1.81. The van der Waals surface area contributed by atoms with Crippen LogP contribution in [0.15, 0.2) is 55.2 Å². The van der Waals surface area contributed by atoms with E-state index < -0.39 is 11.7 Å². The number of pyridine rings is 1. The summed E-state index contributed by atoms with van der Waals surface area (Å²) in [6.07, 6.45) is 5.42. The Bertz CT molecular complexity index is 973. The first-order valence-electron chi connectivity index (χ1n) is 8.40. The van der Waals surface area contributed by atoms with E-state index in [1.165, 1.54) is 24.5 Å². The third-order valence-corrected chi connectivity index (χ3v) is 4.20. The smallest absolute Gasteiger partial charge is 0.272 e. The minimum absolute atomic E-state index is 0.128. The van der Waals surface area contributed by atoms with Gasteiger partial charge in [-0.1, -0.05) is 0 Å². The van der Waals surface area contributed by atoms with Crippen LogP contribution >= 0.6 is 0 Å². The van der Waals surface area contributed by atoms with Crippen LogP contribution in [0.25, 0.3) is 0 Å². The lowest BCUT2D eigenvalue weighted by molar-refractivity contribution is 0.0171. The molecule has 0 atom stereocenters. The van der Waals surface area contributed by atoms with E-state index in [0.29, 0.717) is 17.1 Å². The summed E-state index contributed by atoms with van der Waals surface area (Å²) in [4.78, 5) is 26.0. The van der Waals surface area contributed by atoms with Gasteiger partial charge in [0.05, 0.1) is 24.5 Å². The van der Waals surface area contributed by atoms with Crippen LogP contribution in [0.1, 0.15) is 28.5 Å². The van der Waals surface area contributed by atoms with Crippen molar-refractivity contribution in [1.82, 2.24) is 15.0 Å². The Morgan fingerprint density at radius 1 is 1.07 bits per heavy atom. The standard InChI is InChI=1S/C20H17F3N4O/c1-20(22,23)14-3-4-16(26-9-14)8-19(28)13-5-15(21)7-17(6-13)27(2)18-10-24-12-25-11-18/h3-7,9-12H,8H2,1-2H3. The quantitative estimate of drug-likeness (QED) is 0.591. The number of hydrogen-bond acceptors (Lipinski definition) is 5. The molecule has 5 nitrogen and oxygen atoms in total. The zero-order valence-corrected chi connectivity index (χ0v) is 15.2. The Morgan fingerprint density at radius 3 is 2.39 bits per heavy atom. The fraction of sp³-hybridized carbons (Fsp3) is 0.200. The molecular weight excluding hydrogens is 369 g/mol. The molecule has 0 aliphatic carbocycles. The van der Waals surface area contributed by atoms with Crippen LogP contribution in [0.5, 0.6) is 0 Å². The summed E-state index contributed by atoms with van der Waals surface area (Å²) in [5.74, 6) is -3.95. The van der Waals surface area contributed by atoms with Crippen LogP contribution in [0, 0.1) is 5.82 Å². The lowest BCUT2D eigenvalue weighted by atomic mass is 10.0. The number of ketones is 1. The summed E-state index contributed by atoms with van der Waals surface area (Å²) < 4.78 is 40.6. The SMILES string of the molecule is CN(c1cncnc1)c1cc(F)cc(C(=O)Cc2ccc(C(C)(F)F)cn2)c1. The van der Waals surface area contributed by atoms with Gasteiger partial charge in [0.1, 0.15) is 12.1 Å². The van der Waals surface area contributed by atoms with Crippen molar-refractivity contribution in [3.63, 3.8) is 0 Å². The second-order valence-corrected chi connectivity index (χ2v) is 6.38. The lowest BCUT2D eigenvalue weighted by Crippen LogP contribution is -2.13. The van der Waals surface area contributed by atoms with Gasteiger partial charge in [-0.2, -0.15) is 0 Å². The van der Waals surface area contributed by atoms with E-state index in [1.54, 1.807) is 30.4 Å². The molecule has 0 N–H and O–H groups in total. The van der Waals surface area contributed by atoms with E-state index in [9.17, 15) is 18.0 Å². The Morgan fingerprint density at radius 2 is 1.79 bits per heavy atom. The number of carbonyl (C=O) groups excluding carboxylic acids is 1. The van der Waals surface area contributed by atoms with Crippen molar-refractivity contribution in [2.75, 3.05) is 11.9 Å². The molecule has 8 heteroatoms. The third-order valence-electron chi connectivity index (χ3n) is 4.20. The minimum Gasteiger partial charge on any atom is -0.342 e. The van der Waals surface area contributed by atoms with Gasteiger partial charge in [0.2, 0.25) is 0 Å². The van der Waals surface area contributed by atoms with Crippen molar-refractivity contribution in [1.29, 1.82) is 0 Å². The topological polar surface area (TPSA) is 59.0 Å². The Kier molecular flexibility index (Phi) is 5.39. The average molecular weight is 386 g/mol. The highest BCUT2D eigenvalue weighted by molar-refractivity contribution is 5.98. The van der Waals surface area contributed by atoms with Crippen LogP contribution in [0.2, 0.25) is 0 Å². The monoisotopic (exact) mass is 386 g/mol. The average Bonchev–Trinajstić information content (AvgIpc) is 2.67. The first-order valence-corrected chi connectivity index (χ1v) is 8.40. The number of hydrogen-bond donors (Lipinski definition) is 0. The zero-order chi connectivity index (χ0) is 20.3. The number of rotatable bonds is 6. The third kappa shape index (κ3) is 4.51. The fourth-order valence-electron chi connectivity index (χ4n) is 2.60. The van der Waals surface area contributed by atoms with E-state index in [4.69, 9.17) is 0 Å². The molecule has 0 aliphatic rings. The van der Waals surface area contributed by atoms with Crippen molar-refractivity contribution in [3.05, 3.63) is 77.9 Å². The minimum atomic E-state index is -3.00. The number of Topliss-reactive ketones (excluding diaryl/α,β-unsaturated/α-hetero) is 1. The number of aromatic nitrogens is 3. The van der Waals surface area contributed by atoms with Gasteiger partial charge in [-0.15, -0.1) is 0 Å². The predicted molar refractivity (Wildman–Crippen MR) is 98.3 cm³/mol. The molecule has 0 saturated carbocycles. The molecule has 0 saturated heterocycles. The molecule has 0 fully saturated rings. The van der Waals surface area contributed by atoms with Crippen molar-refractivity contribution in [2.45, 2.75) is 19.3 Å². The summed E-state index contributed by atoms with van der Waals surface area (Å²) in [6.45, 7) is 0.775. The maximum Gasteiger partial charge on any atom is 0.272 e. The number of anilines is 2. The predicted octanol–water partition coefficient (Wildman–Crippen LogP) is 4.32. The Labute approximate surface area is 159 Å². The van der Waals surface area contributed by atoms with Gasteiger partial charge in [0, 0.05) is 42.7 Å². The summed E-state index contributed by atoms with van der Waals surface area (Å²) in [6, 6.07) is 6.58. The van der Waals surface area contributed by atoms with Crippen LogP contribution in [0.3, 0.4) is 0 Å². The molecule has 0 radical (unpaired) electrons. The van der Waals surface area contributed by atoms with Crippen molar-refractivity contribution >= 4 is 17.2 Å². The molecular formula is C20H17F3N4O. The first kappa shape index (κ1) is 19.5. The molecule has 28 heavy (non-hydrogen) atoms. The first-order chi connectivity index (χ1) is 13.2. The van der Waals surface area contributed by atoms with Crippen molar-refractivity contribution in [2.24, 2.45) is 0 Å². The van der Waals surface area contributed by atoms with Gasteiger partial charge in [0.25, 0.3) is 5.92 Å². The van der Waals surface area contributed by atoms with E-state index in [0.717, 1.165) is 19.2 Å². The van der Waals surface area contributed by atoms with E-state index in [1.807, 2.05) is 0 Å². The number of carbonyl (C=O) groups is 1. The Hall–Kier alpha value is -3.29. The lowest BCUT2D eigenvalue weighted by Gasteiger charge is -2.19. The van der Waals surface area contributed by atoms with E-state index in [-0.39, 0.29) is 23.3 Å². The molecule has 0 amide bonds. The fourth-order valence-corrected chi connectivity index (χ4v) is 2.60. The number of halogens is 3. The molecule has 1 aromatic carbocycles. The summed E-state index contributed by atoms with van der Waals surface area (Å²) in [5, 5.41) is 0. The van der Waals surface area contributed by atoms with Crippen LogP contribution in [-0.2, 0) is 12.3 Å². The zero-order valence-electron chi connectivity index (χ0n) is 15.2. The highest BCUT2D eigenvalue weighted by Gasteiger charge is 2.24. The summed E-state index contributed by atoms with van der Waals surface area (Å²) in [7, 11) is 1.70. The van der Waals surface area contributed by atoms with Gasteiger partial charge >= 0.3 is 0 Å². The highest BCUT2D eigenvalue weighted by Crippen LogP contribution is 2.27. The van der Waals surface area contributed by atoms with Gasteiger partial charge in [0.15, 0.2) is 5.78 Å². The van der Waals surface area contributed by atoms with Crippen LogP contribution in [-0.4, -0.2) is 27.8 Å². The molecule has 144 valence electrons. The van der Waals surface area contributed by atoms with Gasteiger partial charge in [-0.25, -0.2) is 23.1 Å². The van der Waals surface area contributed by atoms with Crippen molar-refractivity contribution < 1.29 is 18.0 Å². The number of nitrogens with zero attached hydrogens (tertiary/aromatic N) is 4. The van der Waals surface area contributed by atoms with E-state index in [2.05, 4.69) is 15.0 Å². The normalized spacial score (nSPS) is 11.3. The van der Waals surface area contributed by atoms with Crippen molar-refractivity contribution in [3.8, 4) is 0 Å². The number of benzene rings is 1.